The number of hydrogen-bond acceptors (Lipinski definition) is 11. The Morgan fingerprint density at radius 3 is 1.90 bits per heavy atom. The van der Waals surface area contributed by atoms with E-state index in [-0.39, 0.29) is 35.7 Å². The number of ether oxygens (including phenoxy) is 3. The van der Waals surface area contributed by atoms with Crippen LogP contribution in [0.2, 0.25) is 0 Å². The van der Waals surface area contributed by atoms with Gasteiger partial charge in [0, 0.05) is 13.1 Å². The molecular formula is C34H52N8O8. The normalized spacial score (nSPS) is 19.3. The van der Waals surface area contributed by atoms with E-state index in [4.69, 9.17) is 19.1 Å². The van der Waals surface area contributed by atoms with Crippen molar-refractivity contribution in [1.82, 2.24) is 35.1 Å². The molecule has 16 heteroatoms. The number of imidazole rings is 2. The van der Waals surface area contributed by atoms with Crippen LogP contribution in [0.1, 0.15) is 88.5 Å². The van der Waals surface area contributed by atoms with Crippen LogP contribution in [0.3, 0.4) is 0 Å². The Labute approximate surface area is 293 Å². The molecule has 2 fully saturated rings. The Hall–Kier alpha value is -4.28. The summed E-state index contributed by atoms with van der Waals surface area (Å²) in [6.45, 7) is 10.4. The van der Waals surface area contributed by atoms with Gasteiger partial charge < -0.3 is 44.2 Å². The molecule has 2 saturated heterocycles. The number of hydrogen-bond donors (Lipinski definition) is 3. The van der Waals surface area contributed by atoms with Crippen LogP contribution in [-0.4, -0.2) is 107 Å². The molecule has 0 spiro atoms. The van der Waals surface area contributed by atoms with E-state index in [0.717, 1.165) is 42.9 Å². The number of amides is 3. The van der Waals surface area contributed by atoms with Gasteiger partial charge in [-0.3, -0.25) is 9.59 Å². The predicted octanol–water partition coefficient (Wildman–Crippen LogP) is 3.76. The molecule has 0 saturated carbocycles. The van der Waals surface area contributed by atoms with Gasteiger partial charge >= 0.3 is 6.09 Å². The van der Waals surface area contributed by atoms with Gasteiger partial charge in [0.25, 0.3) is 0 Å². The average molecular weight is 701 g/mol. The minimum absolute atomic E-state index is 0.00715. The van der Waals surface area contributed by atoms with E-state index in [1.807, 2.05) is 44.7 Å². The molecule has 0 radical (unpaired) electrons. The molecule has 0 aliphatic carbocycles. The van der Waals surface area contributed by atoms with Gasteiger partial charge in [-0.15, -0.1) is 0 Å². The summed E-state index contributed by atoms with van der Waals surface area (Å²) >= 11 is 0. The van der Waals surface area contributed by atoms with E-state index in [1.54, 1.807) is 17.3 Å². The second-order valence-electron chi connectivity index (χ2n) is 13.0. The van der Waals surface area contributed by atoms with Crippen molar-refractivity contribution in [1.29, 1.82) is 0 Å². The molecule has 276 valence electrons. The zero-order valence-electron chi connectivity index (χ0n) is 29.9. The molecule has 3 N–H and O–H groups in total. The van der Waals surface area contributed by atoms with Crippen molar-refractivity contribution >= 4 is 24.3 Å². The van der Waals surface area contributed by atoms with Crippen molar-refractivity contribution < 1.29 is 38.4 Å². The fourth-order valence-electron chi connectivity index (χ4n) is 6.18. The minimum Gasteiger partial charge on any atom is -0.453 e. The first kappa shape index (κ1) is 38.5. The van der Waals surface area contributed by atoms with Crippen LogP contribution in [0.4, 0.5) is 4.79 Å². The van der Waals surface area contributed by atoms with E-state index in [9.17, 15) is 14.4 Å². The molecule has 3 amide bonds. The second kappa shape index (κ2) is 19.2. The molecule has 4 heterocycles. The van der Waals surface area contributed by atoms with Gasteiger partial charge in [0.2, 0.25) is 18.2 Å². The maximum Gasteiger partial charge on any atom is 0.407 e. The number of methoxy groups -OCH3 is 1. The maximum atomic E-state index is 13.3. The first-order valence-corrected chi connectivity index (χ1v) is 17.2. The quantitative estimate of drug-likeness (QED) is 0.0517. The summed E-state index contributed by atoms with van der Waals surface area (Å²) in [4.78, 5) is 71.4. The summed E-state index contributed by atoms with van der Waals surface area (Å²) in [5, 5.41) is 2.67. The third kappa shape index (κ3) is 10.4. The molecule has 50 heavy (non-hydrogen) atoms. The molecule has 0 bridgehead atoms. The second-order valence-corrected chi connectivity index (χ2v) is 13.0. The number of carbonyl (C=O) groups is 3. The number of likely N-dealkylation sites (tertiary alicyclic amines) is 2. The molecule has 4 rings (SSSR count). The molecule has 16 nitrogen and oxygen atoms in total. The van der Waals surface area contributed by atoms with Crippen molar-refractivity contribution in [3.8, 4) is 0 Å². The SMILES string of the molecule is COOC=N[C@H](C(=O)N1CCC[C@H]1c1ncc(COC/C=C/COCc2cnc([C@@H]3CCCN3C(=O)[C@@H](NC(=O)OC)C(C)C)[nH]2)[nH]1)C(C)C. The molecule has 0 unspecified atom stereocenters. The number of aromatic nitrogens is 4. The lowest BCUT2D eigenvalue weighted by molar-refractivity contribution is -0.188. The van der Waals surface area contributed by atoms with Gasteiger partial charge in [-0.1, -0.05) is 39.8 Å². The van der Waals surface area contributed by atoms with Crippen molar-refractivity contribution in [2.75, 3.05) is 40.5 Å². The number of alkyl carbamates (subject to hydrolysis) is 1. The van der Waals surface area contributed by atoms with E-state index < -0.39 is 18.2 Å². The zero-order valence-corrected chi connectivity index (χ0v) is 29.9. The van der Waals surface area contributed by atoms with Crippen molar-refractivity contribution in [3.05, 3.63) is 47.6 Å². The number of nitrogens with zero attached hydrogens (tertiary/aromatic N) is 5. The third-order valence-corrected chi connectivity index (χ3v) is 8.75. The molecule has 2 aromatic rings. The highest BCUT2D eigenvalue weighted by Crippen LogP contribution is 2.33. The number of carbonyl (C=O) groups excluding carboxylic acids is 3. The van der Waals surface area contributed by atoms with Crippen molar-refractivity contribution in [3.63, 3.8) is 0 Å². The Morgan fingerprint density at radius 2 is 1.42 bits per heavy atom. The van der Waals surface area contributed by atoms with Gasteiger partial charge in [-0.2, -0.15) is 4.89 Å². The summed E-state index contributed by atoms with van der Waals surface area (Å²) in [6.07, 6.45) is 11.1. The Balaban J connectivity index is 1.18. The van der Waals surface area contributed by atoms with Crippen LogP contribution in [-0.2, 0) is 46.8 Å². The van der Waals surface area contributed by atoms with Gasteiger partial charge in [-0.05, 0) is 37.5 Å². The highest BCUT2D eigenvalue weighted by molar-refractivity contribution is 5.86. The van der Waals surface area contributed by atoms with Crippen LogP contribution >= 0.6 is 0 Å². The largest absolute Gasteiger partial charge is 0.453 e. The Bertz CT molecular complexity index is 1440. The molecule has 2 aliphatic rings. The number of aromatic amines is 2. The van der Waals surface area contributed by atoms with Crippen LogP contribution in [0, 0.1) is 11.8 Å². The topological polar surface area (TPSA) is 186 Å². The molecule has 4 atom stereocenters. The summed E-state index contributed by atoms with van der Waals surface area (Å²) in [5.74, 6) is 1.13. The van der Waals surface area contributed by atoms with E-state index in [0.29, 0.717) is 45.3 Å². The monoisotopic (exact) mass is 700 g/mol. The molecule has 0 aromatic carbocycles. The summed E-state index contributed by atoms with van der Waals surface area (Å²) < 4.78 is 16.3. The molecular weight excluding hydrogens is 648 g/mol. The lowest BCUT2D eigenvalue weighted by atomic mass is 10.0. The zero-order chi connectivity index (χ0) is 36.0. The van der Waals surface area contributed by atoms with E-state index in [2.05, 4.69) is 35.1 Å². The predicted molar refractivity (Wildman–Crippen MR) is 182 cm³/mol. The summed E-state index contributed by atoms with van der Waals surface area (Å²) in [6, 6.07) is -1.59. The van der Waals surface area contributed by atoms with Crippen LogP contribution in [0.25, 0.3) is 0 Å². The van der Waals surface area contributed by atoms with E-state index >= 15 is 0 Å². The third-order valence-electron chi connectivity index (χ3n) is 8.75. The smallest absolute Gasteiger partial charge is 0.407 e. The lowest BCUT2D eigenvalue weighted by Gasteiger charge is -2.30. The van der Waals surface area contributed by atoms with Gasteiger partial charge in [0.1, 0.15) is 23.7 Å². The summed E-state index contributed by atoms with van der Waals surface area (Å²) in [7, 11) is 2.66. The Kier molecular flexibility index (Phi) is 14.8. The fraction of sp³-hybridized carbons (Fsp3) is 0.647. The average Bonchev–Trinajstić information content (AvgIpc) is 3.92. The number of H-pyrrole nitrogens is 2. The highest BCUT2D eigenvalue weighted by Gasteiger charge is 2.38. The van der Waals surface area contributed by atoms with Crippen LogP contribution < -0.4 is 5.32 Å². The van der Waals surface area contributed by atoms with Crippen LogP contribution in [0.5, 0.6) is 0 Å². The molecule has 2 aliphatic heterocycles. The summed E-state index contributed by atoms with van der Waals surface area (Å²) in [5.41, 5.74) is 1.63. The van der Waals surface area contributed by atoms with Crippen LogP contribution in [0.15, 0.2) is 29.5 Å². The maximum absolute atomic E-state index is 13.3. The van der Waals surface area contributed by atoms with Crippen molar-refractivity contribution in [2.24, 2.45) is 16.8 Å². The van der Waals surface area contributed by atoms with Gasteiger partial charge in [0.15, 0.2) is 0 Å². The van der Waals surface area contributed by atoms with Gasteiger partial charge in [0.05, 0.1) is 76.5 Å². The highest BCUT2D eigenvalue weighted by atomic mass is 17.2. The number of nitrogens with one attached hydrogen (secondary N) is 3. The number of aliphatic imine (C=N–C) groups is 1. The fourth-order valence-corrected chi connectivity index (χ4v) is 6.18. The number of rotatable bonds is 18. The standard InChI is InChI=1S/C34H52N8O8/c1-22(2)28(37-21-50-47-6)32(43)41-13-9-11-26(41)30-35-17-24(38-30)19-48-15-7-8-16-49-20-25-18-36-31(39-25)27-12-10-14-42(27)33(44)29(23(3)4)40-34(45)46-5/h7-8,17-18,21-23,26-29H,9-16,19-20H2,1-6H3,(H,35,38)(H,36,39)(H,40,45)/b8-7+,37-21?/t26-,27-,28-,29-/m0/s1. The van der Waals surface area contributed by atoms with Gasteiger partial charge in [-0.25, -0.2) is 19.8 Å². The molecule has 2 aromatic heterocycles. The lowest BCUT2D eigenvalue weighted by Crippen LogP contribution is -2.51. The first-order valence-electron chi connectivity index (χ1n) is 17.2. The Morgan fingerprint density at radius 1 is 0.880 bits per heavy atom. The minimum atomic E-state index is -0.680. The van der Waals surface area contributed by atoms with Crippen molar-refractivity contribution in [2.45, 2.75) is 90.8 Å². The first-order chi connectivity index (χ1) is 24.1. The van der Waals surface area contributed by atoms with E-state index in [1.165, 1.54) is 20.6 Å².